The van der Waals surface area contributed by atoms with E-state index in [9.17, 15) is 0 Å². The van der Waals surface area contributed by atoms with Crippen LogP contribution < -0.4 is 5.32 Å². The van der Waals surface area contributed by atoms with Crippen LogP contribution in [0.1, 0.15) is 4.88 Å². The second-order valence-corrected chi connectivity index (χ2v) is 5.53. The average Bonchev–Trinajstić information content (AvgIpc) is 3.16. The van der Waals surface area contributed by atoms with Gasteiger partial charge in [-0.2, -0.15) is 5.10 Å². The summed E-state index contributed by atoms with van der Waals surface area (Å²) < 4.78 is 1.70. The standard InChI is InChI=1S/C14H15N5OS/c20-6-5-19-10-11(7-18-19)16-8-12-9-17-14(21-12)13-3-1-2-4-15-13/h1-4,7,9-10,16,20H,5-6,8H2. The van der Waals surface area contributed by atoms with E-state index in [4.69, 9.17) is 5.11 Å². The summed E-state index contributed by atoms with van der Waals surface area (Å²) in [5, 5.41) is 17.2. The molecular formula is C14H15N5OS. The molecule has 0 aromatic carbocycles. The van der Waals surface area contributed by atoms with Crippen molar-refractivity contribution in [2.45, 2.75) is 13.1 Å². The number of hydrogen-bond donors (Lipinski definition) is 2. The lowest BCUT2D eigenvalue weighted by Gasteiger charge is -1.99. The van der Waals surface area contributed by atoms with Crippen molar-refractivity contribution in [2.75, 3.05) is 11.9 Å². The first kappa shape index (κ1) is 13.7. The Bertz CT molecular complexity index is 694. The molecular weight excluding hydrogens is 286 g/mol. The SMILES string of the molecule is OCCn1cc(NCc2cnc(-c3ccccn3)s2)cn1. The van der Waals surface area contributed by atoms with Gasteiger partial charge in [-0.3, -0.25) is 9.67 Å². The van der Waals surface area contributed by atoms with Gasteiger partial charge in [-0.15, -0.1) is 11.3 Å². The van der Waals surface area contributed by atoms with E-state index in [0.717, 1.165) is 21.3 Å². The van der Waals surface area contributed by atoms with Gasteiger partial charge in [0.25, 0.3) is 0 Å². The largest absolute Gasteiger partial charge is 0.394 e. The summed E-state index contributed by atoms with van der Waals surface area (Å²) in [7, 11) is 0. The molecule has 3 aromatic heterocycles. The molecule has 0 unspecified atom stereocenters. The molecule has 21 heavy (non-hydrogen) atoms. The zero-order valence-corrected chi connectivity index (χ0v) is 12.1. The van der Waals surface area contributed by atoms with E-state index in [1.807, 2.05) is 30.6 Å². The number of aromatic nitrogens is 4. The van der Waals surface area contributed by atoms with Crippen molar-refractivity contribution in [1.29, 1.82) is 0 Å². The predicted molar refractivity (Wildman–Crippen MR) is 82.0 cm³/mol. The van der Waals surface area contributed by atoms with Crippen molar-refractivity contribution in [1.82, 2.24) is 19.7 Å². The van der Waals surface area contributed by atoms with Gasteiger partial charge in [0.05, 0.1) is 37.3 Å². The molecule has 0 radical (unpaired) electrons. The Hall–Kier alpha value is -2.25. The lowest BCUT2D eigenvalue weighted by Crippen LogP contribution is -2.01. The number of pyridine rings is 1. The van der Waals surface area contributed by atoms with Gasteiger partial charge in [0, 0.05) is 23.5 Å². The van der Waals surface area contributed by atoms with Crippen LogP contribution in [0.15, 0.2) is 43.0 Å². The molecule has 3 heterocycles. The van der Waals surface area contributed by atoms with E-state index in [2.05, 4.69) is 20.4 Å². The van der Waals surface area contributed by atoms with Gasteiger partial charge in [-0.25, -0.2) is 4.98 Å². The van der Waals surface area contributed by atoms with Crippen LogP contribution >= 0.6 is 11.3 Å². The summed E-state index contributed by atoms with van der Waals surface area (Å²) >= 11 is 1.62. The van der Waals surface area contributed by atoms with Crippen molar-refractivity contribution in [3.05, 3.63) is 47.9 Å². The highest BCUT2D eigenvalue weighted by Crippen LogP contribution is 2.23. The lowest BCUT2D eigenvalue weighted by atomic mass is 10.4. The van der Waals surface area contributed by atoms with E-state index in [1.54, 1.807) is 28.4 Å². The van der Waals surface area contributed by atoms with Gasteiger partial charge in [0.15, 0.2) is 0 Å². The quantitative estimate of drug-likeness (QED) is 0.728. The second-order valence-electron chi connectivity index (χ2n) is 4.42. The molecule has 0 atom stereocenters. The molecule has 3 rings (SSSR count). The highest BCUT2D eigenvalue weighted by Gasteiger charge is 2.06. The van der Waals surface area contributed by atoms with Gasteiger partial charge in [0.2, 0.25) is 0 Å². The van der Waals surface area contributed by atoms with Gasteiger partial charge in [-0.1, -0.05) is 6.07 Å². The fraction of sp³-hybridized carbons (Fsp3) is 0.214. The van der Waals surface area contributed by atoms with Crippen LogP contribution in [0, 0.1) is 0 Å². The van der Waals surface area contributed by atoms with E-state index >= 15 is 0 Å². The zero-order chi connectivity index (χ0) is 14.5. The Morgan fingerprint density at radius 2 is 2.19 bits per heavy atom. The molecule has 0 aliphatic carbocycles. The molecule has 0 saturated carbocycles. The number of anilines is 1. The third kappa shape index (κ3) is 3.45. The predicted octanol–water partition coefficient (Wildman–Crippen LogP) is 2.01. The minimum atomic E-state index is 0.0867. The Morgan fingerprint density at radius 1 is 1.24 bits per heavy atom. The van der Waals surface area contributed by atoms with Crippen molar-refractivity contribution in [2.24, 2.45) is 0 Å². The van der Waals surface area contributed by atoms with Crippen LogP contribution in [0.5, 0.6) is 0 Å². The third-order valence-electron chi connectivity index (χ3n) is 2.87. The summed E-state index contributed by atoms with van der Waals surface area (Å²) in [4.78, 5) is 9.82. The molecule has 2 N–H and O–H groups in total. The number of thiazole rings is 1. The normalized spacial score (nSPS) is 10.7. The Labute approximate surface area is 126 Å². The minimum absolute atomic E-state index is 0.0867. The average molecular weight is 301 g/mol. The maximum Gasteiger partial charge on any atom is 0.142 e. The molecule has 0 saturated heterocycles. The van der Waals surface area contributed by atoms with Gasteiger partial charge in [-0.05, 0) is 12.1 Å². The van der Waals surface area contributed by atoms with Crippen LogP contribution in [0.2, 0.25) is 0 Å². The Balaban J connectivity index is 1.62. The molecule has 7 heteroatoms. The number of aliphatic hydroxyl groups is 1. The molecule has 0 amide bonds. The Kier molecular flexibility index (Phi) is 4.23. The summed E-state index contributed by atoms with van der Waals surface area (Å²) in [6.45, 7) is 1.28. The first-order valence-corrected chi connectivity index (χ1v) is 7.40. The topological polar surface area (TPSA) is 75.9 Å². The fourth-order valence-corrected chi connectivity index (χ4v) is 2.69. The molecule has 0 fully saturated rings. The maximum absolute atomic E-state index is 8.85. The molecule has 0 aliphatic rings. The summed E-state index contributed by atoms with van der Waals surface area (Å²) in [5.41, 5.74) is 1.82. The number of hydrogen-bond acceptors (Lipinski definition) is 6. The van der Waals surface area contributed by atoms with E-state index in [0.29, 0.717) is 13.1 Å². The number of nitrogens with zero attached hydrogens (tertiary/aromatic N) is 4. The molecule has 3 aromatic rings. The first-order chi connectivity index (χ1) is 10.3. The molecule has 108 valence electrons. The fourth-order valence-electron chi connectivity index (χ4n) is 1.87. The van der Waals surface area contributed by atoms with Crippen LogP contribution in [-0.2, 0) is 13.1 Å². The minimum Gasteiger partial charge on any atom is -0.394 e. The highest BCUT2D eigenvalue weighted by atomic mass is 32.1. The van der Waals surface area contributed by atoms with Crippen LogP contribution in [0.3, 0.4) is 0 Å². The number of nitrogens with one attached hydrogen (secondary N) is 1. The van der Waals surface area contributed by atoms with Crippen LogP contribution in [-0.4, -0.2) is 31.5 Å². The van der Waals surface area contributed by atoms with Crippen molar-refractivity contribution in [3.63, 3.8) is 0 Å². The summed E-state index contributed by atoms with van der Waals surface area (Å²) in [5.74, 6) is 0. The Morgan fingerprint density at radius 3 is 3.00 bits per heavy atom. The molecule has 0 spiro atoms. The molecule has 0 bridgehead atoms. The van der Waals surface area contributed by atoms with Gasteiger partial charge < -0.3 is 10.4 Å². The molecule has 6 nitrogen and oxygen atoms in total. The number of rotatable bonds is 6. The second kappa shape index (κ2) is 6.47. The van der Waals surface area contributed by atoms with Crippen LogP contribution in [0.4, 0.5) is 5.69 Å². The van der Waals surface area contributed by atoms with Crippen molar-refractivity contribution in [3.8, 4) is 10.7 Å². The van der Waals surface area contributed by atoms with Gasteiger partial charge in [0.1, 0.15) is 5.01 Å². The lowest BCUT2D eigenvalue weighted by molar-refractivity contribution is 0.269. The highest BCUT2D eigenvalue weighted by molar-refractivity contribution is 7.15. The maximum atomic E-state index is 8.85. The van der Waals surface area contributed by atoms with Crippen LogP contribution in [0.25, 0.3) is 10.7 Å². The smallest absolute Gasteiger partial charge is 0.142 e. The summed E-state index contributed by atoms with van der Waals surface area (Å²) in [6.07, 6.45) is 7.25. The number of aliphatic hydroxyl groups excluding tert-OH is 1. The van der Waals surface area contributed by atoms with E-state index in [-0.39, 0.29) is 6.61 Å². The first-order valence-electron chi connectivity index (χ1n) is 6.58. The monoisotopic (exact) mass is 301 g/mol. The summed E-state index contributed by atoms with van der Waals surface area (Å²) in [6, 6.07) is 5.80. The van der Waals surface area contributed by atoms with Crippen molar-refractivity contribution < 1.29 is 5.11 Å². The van der Waals surface area contributed by atoms with E-state index in [1.165, 1.54) is 0 Å². The third-order valence-corrected chi connectivity index (χ3v) is 3.89. The zero-order valence-electron chi connectivity index (χ0n) is 11.3. The van der Waals surface area contributed by atoms with Gasteiger partial charge >= 0.3 is 0 Å². The molecule has 0 aliphatic heterocycles. The van der Waals surface area contributed by atoms with E-state index < -0.39 is 0 Å². The van der Waals surface area contributed by atoms with Crippen molar-refractivity contribution >= 4 is 17.0 Å².